The zero-order valence-electron chi connectivity index (χ0n) is 13.0. The standard InChI is InChI=1S/C17H23N3S/c1-12-4-6-15(7-5-12)17-19-16(11-21-17)10-20-13(2)8-18-9-14(20)3/h4-7,11,13-14,18H,8-10H2,1-3H3. The third-order valence-corrected chi connectivity index (χ3v) is 5.15. The van der Waals surface area contributed by atoms with Gasteiger partial charge < -0.3 is 5.32 Å². The number of hydrogen-bond donors (Lipinski definition) is 1. The van der Waals surface area contributed by atoms with E-state index in [1.54, 1.807) is 11.3 Å². The van der Waals surface area contributed by atoms with E-state index in [2.05, 4.69) is 60.6 Å². The van der Waals surface area contributed by atoms with Crippen molar-refractivity contribution in [1.29, 1.82) is 0 Å². The fourth-order valence-corrected chi connectivity index (χ4v) is 3.69. The molecule has 2 atom stereocenters. The lowest BCUT2D eigenvalue weighted by atomic mass is 10.1. The Labute approximate surface area is 131 Å². The van der Waals surface area contributed by atoms with Crippen LogP contribution in [0.5, 0.6) is 0 Å². The van der Waals surface area contributed by atoms with Crippen molar-refractivity contribution >= 4 is 11.3 Å². The monoisotopic (exact) mass is 301 g/mol. The van der Waals surface area contributed by atoms with Gasteiger partial charge in [0.15, 0.2) is 0 Å². The van der Waals surface area contributed by atoms with E-state index in [4.69, 9.17) is 4.98 Å². The van der Waals surface area contributed by atoms with E-state index in [0.717, 1.165) is 24.6 Å². The van der Waals surface area contributed by atoms with Crippen molar-refractivity contribution in [3.05, 3.63) is 40.9 Å². The van der Waals surface area contributed by atoms with E-state index in [0.29, 0.717) is 12.1 Å². The molecule has 3 nitrogen and oxygen atoms in total. The van der Waals surface area contributed by atoms with Crippen LogP contribution < -0.4 is 5.32 Å². The van der Waals surface area contributed by atoms with Crippen LogP contribution in [0.25, 0.3) is 10.6 Å². The molecule has 1 aromatic heterocycles. The van der Waals surface area contributed by atoms with Crippen molar-refractivity contribution in [2.45, 2.75) is 39.4 Å². The van der Waals surface area contributed by atoms with Gasteiger partial charge in [-0.25, -0.2) is 4.98 Å². The second-order valence-electron chi connectivity index (χ2n) is 6.04. The number of piperazine rings is 1. The molecular weight excluding hydrogens is 278 g/mol. The first kappa shape index (κ1) is 14.7. The molecule has 1 aliphatic rings. The highest BCUT2D eigenvalue weighted by Crippen LogP contribution is 2.25. The Morgan fingerprint density at radius 1 is 1.19 bits per heavy atom. The van der Waals surface area contributed by atoms with Crippen molar-refractivity contribution < 1.29 is 0 Å². The van der Waals surface area contributed by atoms with E-state index in [-0.39, 0.29) is 0 Å². The first-order chi connectivity index (χ1) is 10.1. The summed E-state index contributed by atoms with van der Waals surface area (Å²) in [7, 11) is 0. The average molecular weight is 301 g/mol. The predicted octanol–water partition coefficient (Wildman–Crippen LogP) is 3.30. The minimum absolute atomic E-state index is 0.568. The molecule has 0 spiro atoms. The summed E-state index contributed by atoms with van der Waals surface area (Å²) in [6.07, 6.45) is 0. The van der Waals surface area contributed by atoms with Gasteiger partial charge in [-0.15, -0.1) is 11.3 Å². The summed E-state index contributed by atoms with van der Waals surface area (Å²) in [5.41, 5.74) is 3.70. The van der Waals surface area contributed by atoms with E-state index < -0.39 is 0 Å². The molecule has 21 heavy (non-hydrogen) atoms. The maximum atomic E-state index is 4.83. The minimum Gasteiger partial charge on any atom is -0.314 e. The van der Waals surface area contributed by atoms with Crippen molar-refractivity contribution in [2.75, 3.05) is 13.1 Å². The molecule has 1 aliphatic heterocycles. The molecule has 112 valence electrons. The smallest absolute Gasteiger partial charge is 0.123 e. The fraction of sp³-hybridized carbons (Fsp3) is 0.471. The van der Waals surface area contributed by atoms with Gasteiger partial charge in [0.1, 0.15) is 5.01 Å². The summed E-state index contributed by atoms with van der Waals surface area (Å²) in [5, 5.41) is 6.81. The predicted molar refractivity (Wildman–Crippen MR) is 89.6 cm³/mol. The Bertz CT molecular complexity index is 580. The average Bonchev–Trinajstić information content (AvgIpc) is 2.92. The Kier molecular flexibility index (Phi) is 4.38. The van der Waals surface area contributed by atoms with Crippen LogP contribution in [0, 0.1) is 6.92 Å². The SMILES string of the molecule is Cc1ccc(-c2nc(CN3C(C)CNCC3C)cs2)cc1. The molecule has 2 aromatic rings. The Hall–Kier alpha value is -1.23. The number of benzene rings is 1. The number of nitrogens with one attached hydrogen (secondary N) is 1. The molecule has 1 aromatic carbocycles. The first-order valence-corrected chi connectivity index (χ1v) is 8.49. The Morgan fingerprint density at radius 2 is 1.86 bits per heavy atom. The highest BCUT2D eigenvalue weighted by atomic mass is 32.1. The first-order valence-electron chi connectivity index (χ1n) is 7.61. The lowest BCUT2D eigenvalue weighted by molar-refractivity contribution is 0.107. The van der Waals surface area contributed by atoms with Crippen LogP contribution >= 0.6 is 11.3 Å². The van der Waals surface area contributed by atoms with Crippen LogP contribution in [0.4, 0.5) is 0 Å². The minimum atomic E-state index is 0.568. The third-order valence-electron chi connectivity index (χ3n) is 4.21. The molecule has 2 unspecified atom stereocenters. The van der Waals surface area contributed by atoms with Gasteiger partial charge in [-0.05, 0) is 20.8 Å². The molecular formula is C17H23N3S. The van der Waals surface area contributed by atoms with Crippen LogP contribution in [-0.4, -0.2) is 35.1 Å². The van der Waals surface area contributed by atoms with E-state index in [9.17, 15) is 0 Å². The van der Waals surface area contributed by atoms with Gasteiger partial charge in [-0.2, -0.15) is 0 Å². The van der Waals surface area contributed by atoms with Crippen molar-refractivity contribution in [3.8, 4) is 10.6 Å². The van der Waals surface area contributed by atoms with Crippen LogP contribution in [0.2, 0.25) is 0 Å². The summed E-state index contributed by atoms with van der Waals surface area (Å²) in [4.78, 5) is 7.38. The van der Waals surface area contributed by atoms with Crippen LogP contribution in [0.3, 0.4) is 0 Å². The number of hydrogen-bond acceptors (Lipinski definition) is 4. The number of nitrogens with zero attached hydrogens (tertiary/aromatic N) is 2. The van der Waals surface area contributed by atoms with E-state index in [1.807, 2.05) is 0 Å². The number of thiazole rings is 1. The zero-order chi connectivity index (χ0) is 14.8. The van der Waals surface area contributed by atoms with Gasteiger partial charge >= 0.3 is 0 Å². The highest BCUT2D eigenvalue weighted by molar-refractivity contribution is 7.13. The highest BCUT2D eigenvalue weighted by Gasteiger charge is 2.25. The molecule has 0 aliphatic carbocycles. The zero-order valence-corrected chi connectivity index (χ0v) is 13.8. The van der Waals surface area contributed by atoms with Crippen molar-refractivity contribution in [1.82, 2.24) is 15.2 Å². The van der Waals surface area contributed by atoms with Crippen molar-refractivity contribution in [3.63, 3.8) is 0 Å². The molecule has 0 bridgehead atoms. The van der Waals surface area contributed by atoms with Crippen LogP contribution in [-0.2, 0) is 6.54 Å². The van der Waals surface area contributed by atoms with Gasteiger partial charge in [0.05, 0.1) is 5.69 Å². The molecule has 0 amide bonds. The Morgan fingerprint density at radius 3 is 2.52 bits per heavy atom. The molecule has 0 saturated carbocycles. The number of aryl methyl sites for hydroxylation is 1. The third kappa shape index (κ3) is 3.34. The summed E-state index contributed by atoms with van der Waals surface area (Å²) in [6.45, 7) is 9.78. The Balaban J connectivity index is 1.74. The lowest BCUT2D eigenvalue weighted by Gasteiger charge is -2.38. The molecule has 1 N–H and O–H groups in total. The quantitative estimate of drug-likeness (QED) is 0.943. The summed E-state index contributed by atoms with van der Waals surface area (Å²) in [5.74, 6) is 0. The second-order valence-corrected chi connectivity index (χ2v) is 6.90. The number of aromatic nitrogens is 1. The lowest BCUT2D eigenvalue weighted by Crippen LogP contribution is -2.54. The maximum absolute atomic E-state index is 4.83. The van der Waals surface area contributed by atoms with Crippen molar-refractivity contribution in [2.24, 2.45) is 0 Å². The topological polar surface area (TPSA) is 28.2 Å². The fourth-order valence-electron chi connectivity index (χ4n) is 2.88. The maximum Gasteiger partial charge on any atom is 0.123 e. The molecule has 4 heteroatoms. The van der Waals surface area contributed by atoms with Gasteiger partial charge in [0, 0.05) is 42.7 Å². The van der Waals surface area contributed by atoms with E-state index in [1.165, 1.54) is 16.8 Å². The van der Waals surface area contributed by atoms with Gasteiger partial charge in [0.25, 0.3) is 0 Å². The molecule has 3 rings (SSSR count). The summed E-state index contributed by atoms with van der Waals surface area (Å²) >= 11 is 1.75. The summed E-state index contributed by atoms with van der Waals surface area (Å²) < 4.78 is 0. The molecule has 2 heterocycles. The largest absolute Gasteiger partial charge is 0.314 e. The molecule has 0 radical (unpaired) electrons. The van der Waals surface area contributed by atoms with Gasteiger partial charge in [-0.3, -0.25) is 4.90 Å². The van der Waals surface area contributed by atoms with Crippen LogP contribution in [0.1, 0.15) is 25.1 Å². The normalized spacial score (nSPS) is 23.4. The second kappa shape index (κ2) is 6.26. The van der Waals surface area contributed by atoms with E-state index >= 15 is 0 Å². The van der Waals surface area contributed by atoms with Gasteiger partial charge in [-0.1, -0.05) is 29.8 Å². The van der Waals surface area contributed by atoms with Gasteiger partial charge in [0.2, 0.25) is 0 Å². The molecule has 1 saturated heterocycles. The number of rotatable bonds is 3. The molecule has 1 fully saturated rings. The van der Waals surface area contributed by atoms with Crippen LogP contribution in [0.15, 0.2) is 29.6 Å². The summed E-state index contributed by atoms with van der Waals surface area (Å²) in [6, 6.07) is 9.76.